The lowest BCUT2D eigenvalue weighted by atomic mass is 10.1. The van der Waals surface area contributed by atoms with E-state index in [1.54, 1.807) is 0 Å². The van der Waals surface area contributed by atoms with Crippen molar-refractivity contribution in [1.82, 2.24) is 10.2 Å². The molecule has 0 amide bonds. The van der Waals surface area contributed by atoms with Gasteiger partial charge in [-0.15, -0.1) is 0 Å². The summed E-state index contributed by atoms with van der Waals surface area (Å²) < 4.78 is 0. The fraction of sp³-hybridized carbons (Fsp3) is 0.900. The highest BCUT2D eigenvalue weighted by Gasteiger charge is 2.10. The molecule has 0 bridgehead atoms. The van der Waals surface area contributed by atoms with E-state index in [9.17, 15) is 0 Å². The van der Waals surface area contributed by atoms with Crippen molar-refractivity contribution in [3.8, 4) is 0 Å². The number of hydrogen-bond donors (Lipinski definition) is 3. The van der Waals surface area contributed by atoms with Crippen LogP contribution in [0.15, 0.2) is 5.16 Å². The SMILES string of the molecule is CC(NCCN1CCCCC1)C(N)=NO. The largest absolute Gasteiger partial charge is 0.409 e. The van der Waals surface area contributed by atoms with Gasteiger partial charge in [0.2, 0.25) is 0 Å². The number of hydrogen-bond acceptors (Lipinski definition) is 4. The summed E-state index contributed by atoms with van der Waals surface area (Å²) in [6.45, 7) is 6.24. The third kappa shape index (κ3) is 4.48. The number of piperidine rings is 1. The number of nitrogens with zero attached hydrogens (tertiary/aromatic N) is 2. The molecule has 0 aromatic rings. The van der Waals surface area contributed by atoms with Gasteiger partial charge < -0.3 is 21.2 Å². The summed E-state index contributed by atoms with van der Waals surface area (Å²) in [5.74, 6) is 0.244. The molecule has 1 atom stereocenters. The van der Waals surface area contributed by atoms with Gasteiger partial charge in [0.15, 0.2) is 5.84 Å². The van der Waals surface area contributed by atoms with E-state index in [4.69, 9.17) is 10.9 Å². The molecule has 88 valence electrons. The summed E-state index contributed by atoms with van der Waals surface area (Å²) in [4.78, 5) is 2.45. The first-order valence-electron chi connectivity index (χ1n) is 5.67. The molecule has 0 radical (unpaired) electrons. The maximum absolute atomic E-state index is 8.47. The van der Waals surface area contributed by atoms with E-state index < -0.39 is 0 Å². The van der Waals surface area contributed by atoms with E-state index in [1.165, 1.54) is 32.4 Å². The molecule has 15 heavy (non-hydrogen) atoms. The van der Waals surface area contributed by atoms with Gasteiger partial charge in [-0.1, -0.05) is 11.6 Å². The van der Waals surface area contributed by atoms with Crippen LogP contribution in [0, 0.1) is 0 Å². The zero-order valence-electron chi connectivity index (χ0n) is 9.45. The molecule has 1 fully saturated rings. The Balaban J connectivity index is 2.09. The Labute approximate surface area is 91.3 Å². The number of likely N-dealkylation sites (tertiary alicyclic amines) is 1. The Morgan fingerprint density at radius 1 is 1.47 bits per heavy atom. The Kier molecular flexibility index (Phi) is 5.42. The number of nitrogens with two attached hydrogens (primary N) is 1. The Morgan fingerprint density at radius 2 is 2.13 bits per heavy atom. The molecule has 1 unspecified atom stereocenters. The van der Waals surface area contributed by atoms with Crippen LogP contribution in [0.1, 0.15) is 26.2 Å². The minimum atomic E-state index is -0.0557. The molecular formula is C10H22N4O. The number of nitrogens with one attached hydrogen (secondary N) is 1. The van der Waals surface area contributed by atoms with Gasteiger partial charge in [-0.2, -0.15) is 0 Å². The van der Waals surface area contributed by atoms with Crippen molar-refractivity contribution in [3.05, 3.63) is 0 Å². The normalized spacial score (nSPS) is 21.5. The smallest absolute Gasteiger partial charge is 0.156 e. The minimum Gasteiger partial charge on any atom is -0.409 e. The summed E-state index contributed by atoms with van der Waals surface area (Å²) >= 11 is 0. The molecule has 1 heterocycles. The summed E-state index contributed by atoms with van der Waals surface area (Å²) in [6.07, 6.45) is 4.00. The Bertz CT molecular complexity index is 202. The molecule has 0 spiro atoms. The lowest BCUT2D eigenvalue weighted by molar-refractivity contribution is 0.228. The van der Waals surface area contributed by atoms with Gasteiger partial charge in [-0.3, -0.25) is 0 Å². The molecular weight excluding hydrogens is 192 g/mol. The highest BCUT2D eigenvalue weighted by atomic mass is 16.4. The van der Waals surface area contributed by atoms with Crippen LogP contribution in [0.4, 0.5) is 0 Å². The summed E-state index contributed by atoms with van der Waals surface area (Å²) in [5.41, 5.74) is 5.46. The highest BCUT2D eigenvalue weighted by Crippen LogP contribution is 2.07. The fourth-order valence-electron chi connectivity index (χ4n) is 1.81. The first kappa shape index (κ1) is 12.3. The molecule has 0 aromatic heterocycles. The van der Waals surface area contributed by atoms with E-state index >= 15 is 0 Å². The molecule has 1 aliphatic rings. The van der Waals surface area contributed by atoms with Crippen LogP contribution in [0.3, 0.4) is 0 Å². The molecule has 1 aliphatic heterocycles. The maximum Gasteiger partial charge on any atom is 0.156 e. The molecule has 0 aromatic carbocycles. The summed E-state index contributed by atoms with van der Waals surface area (Å²) in [5, 5.41) is 14.7. The van der Waals surface area contributed by atoms with Crippen molar-refractivity contribution in [2.75, 3.05) is 26.2 Å². The van der Waals surface area contributed by atoms with Crippen LogP contribution < -0.4 is 11.1 Å². The topological polar surface area (TPSA) is 73.9 Å². The number of amidine groups is 1. The fourth-order valence-corrected chi connectivity index (χ4v) is 1.81. The molecule has 0 saturated carbocycles. The van der Waals surface area contributed by atoms with Crippen molar-refractivity contribution in [3.63, 3.8) is 0 Å². The monoisotopic (exact) mass is 214 g/mol. The van der Waals surface area contributed by atoms with Crippen LogP contribution in [-0.4, -0.2) is 48.2 Å². The van der Waals surface area contributed by atoms with Gasteiger partial charge in [0.1, 0.15) is 0 Å². The van der Waals surface area contributed by atoms with E-state index in [0.717, 1.165) is 13.1 Å². The standard InChI is InChI=1S/C10H22N4O/c1-9(10(11)13-15)12-5-8-14-6-3-2-4-7-14/h9,12,15H,2-8H2,1H3,(H2,11,13). The average Bonchev–Trinajstić information content (AvgIpc) is 2.29. The lowest BCUT2D eigenvalue weighted by Gasteiger charge is -2.26. The van der Waals surface area contributed by atoms with Gasteiger partial charge in [-0.25, -0.2) is 0 Å². The second-order valence-electron chi connectivity index (χ2n) is 4.10. The predicted molar refractivity (Wildman–Crippen MR) is 61.2 cm³/mol. The molecule has 4 N–H and O–H groups in total. The van der Waals surface area contributed by atoms with Gasteiger partial charge in [0.25, 0.3) is 0 Å². The van der Waals surface area contributed by atoms with E-state index in [1.807, 2.05) is 6.92 Å². The first-order valence-corrected chi connectivity index (χ1v) is 5.67. The van der Waals surface area contributed by atoms with E-state index in [0.29, 0.717) is 0 Å². The zero-order valence-corrected chi connectivity index (χ0v) is 9.45. The van der Waals surface area contributed by atoms with Crippen LogP contribution in [0.5, 0.6) is 0 Å². The highest BCUT2D eigenvalue weighted by molar-refractivity contribution is 5.84. The molecule has 1 saturated heterocycles. The van der Waals surface area contributed by atoms with E-state index in [-0.39, 0.29) is 11.9 Å². The van der Waals surface area contributed by atoms with Crippen molar-refractivity contribution < 1.29 is 5.21 Å². The van der Waals surface area contributed by atoms with Crippen molar-refractivity contribution in [2.45, 2.75) is 32.2 Å². The Hall–Kier alpha value is -0.810. The van der Waals surface area contributed by atoms with E-state index in [2.05, 4.69) is 15.4 Å². The van der Waals surface area contributed by atoms with Crippen molar-refractivity contribution in [2.24, 2.45) is 10.9 Å². The van der Waals surface area contributed by atoms with Crippen molar-refractivity contribution >= 4 is 5.84 Å². The Morgan fingerprint density at radius 3 is 2.73 bits per heavy atom. The molecule has 5 heteroatoms. The zero-order chi connectivity index (χ0) is 11.1. The van der Waals surface area contributed by atoms with Crippen LogP contribution in [0.2, 0.25) is 0 Å². The molecule has 5 nitrogen and oxygen atoms in total. The second-order valence-corrected chi connectivity index (χ2v) is 4.10. The third-order valence-electron chi connectivity index (χ3n) is 2.89. The number of rotatable bonds is 5. The first-order chi connectivity index (χ1) is 7.24. The van der Waals surface area contributed by atoms with Crippen LogP contribution >= 0.6 is 0 Å². The number of oxime groups is 1. The van der Waals surface area contributed by atoms with Gasteiger partial charge in [0, 0.05) is 13.1 Å². The lowest BCUT2D eigenvalue weighted by Crippen LogP contribution is -2.43. The van der Waals surface area contributed by atoms with Crippen LogP contribution in [-0.2, 0) is 0 Å². The maximum atomic E-state index is 8.47. The van der Waals surface area contributed by atoms with Crippen LogP contribution in [0.25, 0.3) is 0 Å². The quantitative estimate of drug-likeness (QED) is 0.264. The minimum absolute atomic E-state index is 0.0557. The summed E-state index contributed by atoms with van der Waals surface area (Å²) in [7, 11) is 0. The predicted octanol–water partition coefficient (Wildman–Crippen LogP) is 0.197. The second kappa shape index (κ2) is 6.63. The van der Waals surface area contributed by atoms with Gasteiger partial charge in [0.05, 0.1) is 6.04 Å². The molecule has 0 aliphatic carbocycles. The van der Waals surface area contributed by atoms with Gasteiger partial charge >= 0.3 is 0 Å². The van der Waals surface area contributed by atoms with Gasteiger partial charge in [-0.05, 0) is 32.9 Å². The summed E-state index contributed by atoms with van der Waals surface area (Å²) in [6, 6.07) is -0.0557. The molecule has 1 rings (SSSR count). The average molecular weight is 214 g/mol. The van der Waals surface area contributed by atoms with Crippen molar-refractivity contribution in [1.29, 1.82) is 0 Å². The third-order valence-corrected chi connectivity index (χ3v) is 2.89.